The molecule has 0 rings (SSSR count). The molecule has 9 heteroatoms. The third kappa shape index (κ3) is 18.8. The van der Waals surface area contributed by atoms with Crippen molar-refractivity contribution in [1.29, 1.82) is 0 Å². The van der Waals surface area contributed by atoms with Crippen LogP contribution in [0.5, 0.6) is 0 Å². The van der Waals surface area contributed by atoms with Crippen LogP contribution in [0.1, 0.15) is 39.5 Å². The first kappa shape index (κ1) is 31.7. The van der Waals surface area contributed by atoms with E-state index in [1.807, 2.05) is 0 Å². The molecule has 0 atom stereocenters. The van der Waals surface area contributed by atoms with Crippen LogP contribution in [-0.4, -0.2) is 68.2 Å². The van der Waals surface area contributed by atoms with Gasteiger partial charge in [-0.15, -0.1) is 0 Å². The summed E-state index contributed by atoms with van der Waals surface area (Å²) >= 11 is 0. The Bertz CT molecular complexity index is 566. The minimum absolute atomic E-state index is 0.328. The molecule has 0 saturated carbocycles. The van der Waals surface area contributed by atoms with Gasteiger partial charge in [0, 0.05) is 37.6 Å². The maximum Gasteiger partial charge on any atom is 0.333 e. The van der Waals surface area contributed by atoms with Crippen molar-refractivity contribution in [3.8, 4) is 0 Å². The molecule has 0 aliphatic rings. The molecule has 0 amide bonds. The van der Waals surface area contributed by atoms with Crippen molar-refractivity contribution in [1.82, 2.24) is 0 Å². The molecule has 0 spiro atoms. The molecule has 0 aromatic rings. The molecule has 0 aliphatic carbocycles. The van der Waals surface area contributed by atoms with Crippen molar-refractivity contribution < 1.29 is 32.7 Å². The average molecular weight is 503 g/mol. The molecule has 0 bridgehead atoms. The van der Waals surface area contributed by atoms with Gasteiger partial charge in [0.15, 0.2) is 16.6 Å². The monoisotopic (exact) mass is 502 g/mol. The summed E-state index contributed by atoms with van der Waals surface area (Å²) in [7, 11) is -3.49. The Morgan fingerprint density at radius 3 is 1.30 bits per heavy atom. The normalized spacial score (nSPS) is 11.8. The number of hydrogen-bond donors (Lipinski definition) is 0. The van der Waals surface area contributed by atoms with Crippen molar-refractivity contribution in [2.75, 3.05) is 39.6 Å². The van der Waals surface area contributed by atoms with Gasteiger partial charge >= 0.3 is 11.9 Å². The summed E-state index contributed by atoms with van der Waals surface area (Å²) in [5, 5.41) is 0. The zero-order valence-corrected chi connectivity index (χ0v) is 23.8. The van der Waals surface area contributed by atoms with E-state index < -0.39 is 16.6 Å². The fourth-order valence-corrected chi connectivity index (χ4v) is 6.51. The third-order valence-electron chi connectivity index (χ3n) is 4.86. The summed E-state index contributed by atoms with van der Waals surface area (Å²) in [6, 6.07) is 1.90. The van der Waals surface area contributed by atoms with Crippen LogP contribution >= 0.6 is 0 Å². The zero-order valence-electron chi connectivity index (χ0n) is 21.8. The van der Waals surface area contributed by atoms with Crippen LogP contribution in [0.25, 0.3) is 0 Å². The molecule has 0 aromatic heterocycles. The molecule has 0 N–H and O–H groups in total. The average Bonchev–Trinajstić information content (AvgIpc) is 2.72. The first-order valence-electron chi connectivity index (χ1n) is 11.9. The number of esters is 2. The Morgan fingerprint density at radius 2 is 0.970 bits per heavy atom. The highest BCUT2D eigenvalue weighted by atomic mass is 28.4. The summed E-state index contributed by atoms with van der Waals surface area (Å²) in [5.41, 5.74) is 0.859. The van der Waals surface area contributed by atoms with Gasteiger partial charge in [-0.1, -0.05) is 13.2 Å². The molecule has 33 heavy (non-hydrogen) atoms. The van der Waals surface area contributed by atoms with Crippen LogP contribution < -0.4 is 0 Å². The lowest BCUT2D eigenvalue weighted by Crippen LogP contribution is -2.31. The van der Waals surface area contributed by atoms with Crippen LogP contribution in [-0.2, 0) is 32.7 Å². The standard InChI is InChI=1S/C24H46O7Si2/c1-21(2)23(25)28-15-11-19-32(5,6)30-17-9-13-27-14-10-18-31-33(7,8)20-12-16-29-24(26)22(3)4/h1,3,9-20H2,2,4-8H3. The second-order valence-corrected chi connectivity index (χ2v) is 18.2. The zero-order chi connectivity index (χ0) is 25.3. The molecule has 0 unspecified atom stereocenters. The van der Waals surface area contributed by atoms with Crippen molar-refractivity contribution in [2.45, 2.75) is 77.8 Å². The summed E-state index contributed by atoms with van der Waals surface area (Å²) in [6.45, 7) is 22.7. The van der Waals surface area contributed by atoms with Gasteiger partial charge in [0.1, 0.15) is 0 Å². The summed E-state index contributed by atoms with van der Waals surface area (Å²) in [6.07, 6.45) is 3.36. The van der Waals surface area contributed by atoms with Gasteiger partial charge in [0.2, 0.25) is 0 Å². The van der Waals surface area contributed by atoms with E-state index in [2.05, 4.69) is 39.3 Å². The first-order valence-corrected chi connectivity index (χ1v) is 18.1. The van der Waals surface area contributed by atoms with Crippen LogP contribution in [0.15, 0.2) is 24.3 Å². The molecule has 7 nitrogen and oxygen atoms in total. The predicted molar refractivity (Wildman–Crippen MR) is 137 cm³/mol. The van der Waals surface area contributed by atoms with Gasteiger partial charge in [-0.25, -0.2) is 9.59 Å². The fourth-order valence-electron chi connectivity index (χ4n) is 2.84. The number of carbonyl (C=O) groups is 2. The Morgan fingerprint density at radius 1 is 0.606 bits per heavy atom. The summed E-state index contributed by atoms with van der Waals surface area (Å²) in [4.78, 5) is 22.7. The number of rotatable bonds is 20. The van der Waals surface area contributed by atoms with Gasteiger partial charge in [0.05, 0.1) is 13.2 Å². The lowest BCUT2D eigenvalue weighted by atomic mass is 10.4. The van der Waals surface area contributed by atoms with Crippen molar-refractivity contribution in [3.63, 3.8) is 0 Å². The van der Waals surface area contributed by atoms with Crippen molar-refractivity contribution in [2.24, 2.45) is 0 Å². The van der Waals surface area contributed by atoms with Crippen molar-refractivity contribution >= 4 is 28.6 Å². The second-order valence-electron chi connectivity index (χ2n) is 9.58. The van der Waals surface area contributed by atoms with Crippen LogP contribution in [0, 0.1) is 0 Å². The molecule has 0 aliphatic heterocycles. The van der Waals surface area contributed by atoms with Gasteiger partial charge in [-0.3, -0.25) is 0 Å². The molecule has 0 aromatic carbocycles. The molecule has 192 valence electrons. The Kier molecular flexibility index (Phi) is 16.6. The Hall–Kier alpha value is -1.27. The van der Waals surface area contributed by atoms with E-state index in [0.29, 0.717) is 50.8 Å². The smallest absolute Gasteiger partial charge is 0.333 e. The van der Waals surface area contributed by atoms with Crippen molar-refractivity contribution in [3.05, 3.63) is 24.3 Å². The van der Waals surface area contributed by atoms with E-state index in [0.717, 1.165) is 37.8 Å². The first-order chi connectivity index (χ1) is 15.4. The fraction of sp³-hybridized carbons (Fsp3) is 0.750. The predicted octanol–water partition coefficient (Wildman–Crippen LogP) is 5.25. The van der Waals surface area contributed by atoms with E-state index in [9.17, 15) is 9.59 Å². The van der Waals surface area contributed by atoms with E-state index in [-0.39, 0.29) is 11.9 Å². The maximum absolute atomic E-state index is 11.4. The quantitative estimate of drug-likeness (QED) is 0.0974. The molecule has 0 fully saturated rings. The van der Waals surface area contributed by atoms with Crippen LogP contribution in [0.2, 0.25) is 38.3 Å². The Labute approximate surface area is 203 Å². The number of carbonyl (C=O) groups excluding carboxylic acids is 2. The topological polar surface area (TPSA) is 80.3 Å². The molecular weight excluding hydrogens is 456 g/mol. The Balaban J connectivity index is 3.66. The highest BCUT2D eigenvalue weighted by Crippen LogP contribution is 2.15. The summed E-state index contributed by atoms with van der Waals surface area (Å²) in [5.74, 6) is -0.657. The van der Waals surface area contributed by atoms with E-state index in [4.69, 9.17) is 23.1 Å². The van der Waals surface area contributed by atoms with E-state index in [1.165, 1.54) is 0 Å². The van der Waals surface area contributed by atoms with E-state index >= 15 is 0 Å². The van der Waals surface area contributed by atoms with Crippen LogP contribution in [0.3, 0.4) is 0 Å². The third-order valence-corrected chi connectivity index (χ3v) is 9.95. The largest absolute Gasteiger partial charge is 0.462 e. The van der Waals surface area contributed by atoms with E-state index in [1.54, 1.807) is 13.8 Å². The molecule has 0 radical (unpaired) electrons. The lowest BCUT2D eigenvalue weighted by molar-refractivity contribution is -0.139. The highest BCUT2D eigenvalue weighted by Gasteiger charge is 2.23. The molecule has 0 heterocycles. The van der Waals surface area contributed by atoms with Gasteiger partial charge in [-0.2, -0.15) is 0 Å². The molecule has 0 saturated heterocycles. The minimum atomic E-state index is -1.75. The van der Waals surface area contributed by atoms with Gasteiger partial charge in [-0.05, 0) is 77.8 Å². The SMILES string of the molecule is C=C(C)C(=O)OCCC[Si](C)(C)OCCCOCCCO[Si](C)(C)CCCOC(=O)C(=C)C. The minimum Gasteiger partial charge on any atom is -0.462 e. The number of hydrogen-bond acceptors (Lipinski definition) is 7. The molecular formula is C24H46O7Si2. The maximum atomic E-state index is 11.4. The van der Waals surface area contributed by atoms with Gasteiger partial charge < -0.3 is 23.1 Å². The number of ether oxygens (including phenoxy) is 3. The lowest BCUT2D eigenvalue weighted by Gasteiger charge is -2.23. The highest BCUT2D eigenvalue weighted by molar-refractivity contribution is 6.71. The van der Waals surface area contributed by atoms with Crippen LogP contribution in [0.4, 0.5) is 0 Å². The second kappa shape index (κ2) is 17.2. The van der Waals surface area contributed by atoms with Gasteiger partial charge in [0.25, 0.3) is 0 Å². The summed E-state index contributed by atoms with van der Waals surface area (Å²) < 4.78 is 28.1.